The van der Waals surface area contributed by atoms with Crippen molar-refractivity contribution in [3.05, 3.63) is 50.6 Å². The zero-order valence-electron chi connectivity index (χ0n) is 8.45. The molecule has 90 valence electrons. The average Bonchev–Trinajstić information content (AvgIpc) is 2.69. The van der Waals surface area contributed by atoms with Gasteiger partial charge in [-0.05, 0) is 28.1 Å². The number of pyridine rings is 1. The highest BCUT2D eigenvalue weighted by Crippen LogP contribution is 2.32. The number of nitrogens with zero attached hydrogens (tertiary/aromatic N) is 1. The molecule has 0 aromatic carbocycles. The van der Waals surface area contributed by atoms with E-state index in [9.17, 15) is 0 Å². The monoisotopic (exact) mass is 335 g/mol. The summed E-state index contributed by atoms with van der Waals surface area (Å²) in [6.45, 7) is 0. The number of rotatable bonds is 3. The van der Waals surface area contributed by atoms with Crippen LogP contribution in [0.1, 0.15) is 17.5 Å². The summed E-state index contributed by atoms with van der Waals surface area (Å²) in [7, 11) is 0. The summed E-state index contributed by atoms with van der Waals surface area (Å²) in [5.41, 5.74) is 3.16. The maximum Gasteiger partial charge on any atom is 0.142 e. The van der Waals surface area contributed by atoms with Crippen molar-refractivity contribution in [2.24, 2.45) is 5.84 Å². The lowest BCUT2D eigenvalue weighted by atomic mass is 10.1. The Hall–Kier alpha value is -0.590. The van der Waals surface area contributed by atoms with E-state index < -0.39 is 6.04 Å². The standard InChI is InChI=1S/C10H8BrCl2N3O/c11-6-1-2-17-10(6)9(16-14)8-7(13)3-5(12)4-15-8/h1-4,9,16H,14H2. The van der Waals surface area contributed by atoms with Crippen molar-refractivity contribution in [2.45, 2.75) is 6.04 Å². The molecule has 1 atom stereocenters. The van der Waals surface area contributed by atoms with Gasteiger partial charge in [0.1, 0.15) is 11.8 Å². The van der Waals surface area contributed by atoms with Crippen molar-refractivity contribution < 1.29 is 4.42 Å². The lowest BCUT2D eigenvalue weighted by Gasteiger charge is -2.14. The van der Waals surface area contributed by atoms with Crippen molar-refractivity contribution in [3.63, 3.8) is 0 Å². The molecule has 0 saturated heterocycles. The van der Waals surface area contributed by atoms with Gasteiger partial charge >= 0.3 is 0 Å². The Morgan fingerprint density at radius 3 is 2.76 bits per heavy atom. The molecule has 0 fully saturated rings. The number of nitrogens with two attached hydrogens (primary N) is 1. The van der Waals surface area contributed by atoms with Crippen LogP contribution in [-0.4, -0.2) is 4.98 Å². The first-order valence-corrected chi connectivity index (χ1v) is 6.18. The van der Waals surface area contributed by atoms with Gasteiger partial charge in [-0.15, -0.1) is 0 Å². The number of aromatic nitrogens is 1. The van der Waals surface area contributed by atoms with Gasteiger partial charge < -0.3 is 4.42 Å². The summed E-state index contributed by atoms with van der Waals surface area (Å²) in [4.78, 5) is 4.16. The van der Waals surface area contributed by atoms with E-state index >= 15 is 0 Å². The second kappa shape index (κ2) is 5.37. The molecule has 0 aliphatic rings. The predicted molar refractivity (Wildman–Crippen MR) is 69.8 cm³/mol. The number of halogens is 3. The first kappa shape index (κ1) is 12.9. The largest absolute Gasteiger partial charge is 0.466 e. The molecule has 0 radical (unpaired) electrons. The SMILES string of the molecule is NNC(c1ncc(Cl)cc1Cl)c1occc1Br. The minimum Gasteiger partial charge on any atom is -0.466 e. The molecule has 0 bridgehead atoms. The van der Waals surface area contributed by atoms with Gasteiger partial charge in [-0.2, -0.15) is 0 Å². The van der Waals surface area contributed by atoms with Gasteiger partial charge in [0, 0.05) is 6.20 Å². The second-order valence-corrected chi connectivity index (χ2v) is 4.95. The van der Waals surface area contributed by atoms with Crippen molar-refractivity contribution in [2.75, 3.05) is 0 Å². The smallest absolute Gasteiger partial charge is 0.142 e. The molecule has 0 amide bonds. The molecule has 2 aromatic heterocycles. The topological polar surface area (TPSA) is 64.1 Å². The van der Waals surface area contributed by atoms with Gasteiger partial charge in [0.2, 0.25) is 0 Å². The van der Waals surface area contributed by atoms with Crippen molar-refractivity contribution in [3.8, 4) is 0 Å². The fraction of sp³-hybridized carbons (Fsp3) is 0.100. The van der Waals surface area contributed by atoms with E-state index in [0.717, 1.165) is 4.47 Å². The Morgan fingerprint density at radius 1 is 1.47 bits per heavy atom. The van der Waals surface area contributed by atoms with Crippen LogP contribution in [0.15, 0.2) is 33.5 Å². The zero-order chi connectivity index (χ0) is 12.4. The summed E-state index contributed by atoms with van der Waals surface area (Å²) in [5.74, 6) is 6.11. The van der Waals surface area contributed by atoms with Crippen LogP contribution >= 0.6 is 39.1 Å². The van der Waals surface area contributed by atoms with Crippen LogP contribution < -0.4 is 11.3 Å². The Labute approximate surface area is 116 Å². The third-order valence-electron chi connectivity index (χ3n) is 2.18. The molecule has 0 spiro atoms. The summed E-state index contributed by atoms with van der Waals surface area (Å²) < 4.78 is 6.12. The van der Waals surface area contributed by atoms with Gasteiger partial charge in [-0.3, -0.25) is 10.8 Å². The Bertz CT molecular complexity index is 532. The Morgan fingerprint density at radius 2 is 2.24 bits per heavy atom. The molecule has 1 unspecified atom stereocenters. The fourth-order valence-electron chi connectivity index (χ4n) is 1.43. The molecule has 2 aromatic rings. The minimum absolute atomic E-state index is 0.420. The molecule has 0 saturated carbocycles. The molecule has 4 nitrogen and oxygen atoms in total. The van der Waals surface area contributed by atoms with E-state index in [0.29, 0.717) is 21.5 Å². The van der Waals surface area contributed by atoms with Gasteiger partial charge in [-0.25, -0.2) is 5.43 Å². The van der Waals surface area contributed by atoms with E-state index in [1.807, 2.05) is 0 Å². The number of hydrogen-bond donors (Lipinski definition) is 2. The third kappa shape index (κ3) is 2.64. The number of furan rings is 1. The van der Waals surface area contributed by atoms with Crippen LogP contribution in [0.4, 0.5) is 0 Å². The highest BCUT2D eigenvalue weighted by Gasteiger charge is 2.22. The van der Waals surface area contributed by atoms with Gasteiger partial charge in [0.15, 0.2) is 0 Å². The molecule has 3 N–H and O–H groups in total. The van der Waals surface area contributed by atoms with Crippen LogP contribution in [-0.2, 0) is 0 Å². The molecule has 17 heavy (non-hydrogen) atoms. The number of nitrogens with one attached hydrogen (secondary N) is 1. The third-order valence-corrected chi connectivity index (χ3v) is 3.35. The van der Waals surface area contributed by atoms with Crippen LogP contribution in [0.5, 0.6) is 0 Å². The number of hydrazine groups is 1. The van der Waals surface area contributed by atoms with Crippen LogP contribution in [0, 0.1) is 0 Å². The van der Waals surface area contributed by atoms with Crippen LogP contribution in [0.25, 0.3) is 0 Å². The van der Waals surface area contributed by atoms with E-state index in [4.69, 9.17) is 33.5 Å². The summed E-state index contributed by atoms with van der Waals surface area (Å²) in [5, 5.41) is 0.886. The Kier molecular flexibility index (Phi) is 4.06. The quantitative estimate of drug-likeness (QED) is 0.666. The maximum absolute atomic E-state index is 6.07. The van der Waals surface area contributed by atoms with Crippen molar-refractivity contribution >= 4 is 39.1 Å². The van der Waals surface area contributed by atoms with E-state index in [1.54, 1.807) is 18.4 Å². The highest BCUT2D eigenvalue weighted by atomic mass is 79.9. The average molecular weight is 337 g/mol. The van der Waals surface area contributed by atoms with Gasteiger partial charge in [0.25, 0.3) is 0 Å². The molecule has 7 heteroatoms. The maximum atomic E-state index is 6.07. The Balaban J connectivity index is 2.46. The van der Waals surface area contributed by atoms with Crippen molar-refractivity contribution in [1.82, 2.24) is 10.4 Å². The lowest BCUT2D eigenvalue weighted by molar-refractivity contribution is 0.445. The first-order chi connectivity index (χ1) is 8.13. The summed E-state index contributed by atoms with van der Waals surface area (Å²) >= 11 is 15.2. The molecular weight excluding hydrogens is 329 g/mol. The zero-order valence-corrected chi connectivity index (χ0v) is 11.6. The predicted octanol–water partition coefficient (Wildman–Crippen LogP) is 3.30. The summed E-state index contributed by atoms with van der Waals surface area (Å²) in [6, 6.07) is 2.93. The second-order valence-electron chi connectivity index (χ2n) is 3.25. The molecule has 0 aliphatic carbocycles. The molecule has 2 rings (SSSR count). The van der Waals surface area contributed by atoms with Crippen molar-refractivity contribution in [1.29, 1.82) is 0 Å². The summed E-state index contributed by atoms with van der Waals surface area (Å²) in [6.07, 6.45) is 3.05. The van der Waals surface area contributed by atoms with E-state index in [2.05, 4.69) is 26.3 Å². The van der Waals surface area contributed by atoms with E-state index in [-0.39, 0.29) is 0 Å². The van der Waals surface area contributed by atoms with Gasteiger partial charge in [-0.1, -0.05) is 23.2 Å². The van der Waals surface area contributed by atoms with Crippen LogP contribution in [0.3, 0.4) is 0 Å². The van der Waals surface area contributed by atoms with Gasteiger partial charge in [0.05, 0.1) is 26.5 Å². The number of hydrogen-bond acceptors (Lipinski definition) is 4. The first-order valence-electron chi connectivity index (χ1n) is 4.63. The molecular formula is C10H8BrCl2N3O. The van der Waals surface area contributed by atoms with E-state index in [1.165, 1.54) is 6.20 Å². The highest BCUT2D eigenvalue weighted by molar-refractivity contribution is 9.10. The fourth-order valence-corrected chi connectivity index (χ4v) is 2.35. The normalized spacial score (nSPS) is 12.7. The molecule has 0 aliphatic heterocycles. The van der Waals surface area contributed by atoms with Crippen LogP contribution in [0.2, 0.25) is 10.0 Å². The lowest BCUT2D eigenvalue weighted by Crippen LogP contribution is -2.29. The molecule has 2 heterocycles. The minimum atomic E-state index is -0.441.